The topological polar surface area (TPSA) is 144 Å². The molecule has 2 aromatic rings. The average molecular weight is 459 g/mol. The molecule has 1 aromatic carbocycles. The molecule has 0 saturated carbocycles. The summed E-state index contributed by atoms with van der Waals surface area (Å²) in [5.74, 6) is 0.212. The van der Waals surface area contributed by atoms with Gasteiger partial charge >= 0.3 is 0 Å². The smallest absolute Gasteiger partial charge is 0.243 e. The number of aromatic nitrogens is 2. The average Bonchev–Trinajstić information content (AvgIpc) is 2.78. The molecule has 0 bridgehead atoms. The van der Waals surface area contributed by atoms with Crippen molar-refractivity contribution in [2.75, 3.05) is 37.3 Å². The zero-order chi connectivity index (χ0) is 24.2. The summed E-state index contributed by atoms with van der Waals surface area (Å²) in [6.07, 6.45) is 2.03. The van der Waals surface area contributed by atoms with Crippen molar-refractivity contribution in [3.63, 3.8) is 0 Å². The summed E-state index contributed by atoms with van der Waals surface area (Å²) >= 11 is 0. The minimum absolute atomic E-state index is 0. The quantitative estimate of drug-likeness (QED) is 0.385. The lowest BCUT2D eigenvalue weighted by atomic mass is 9.98. The van der Waals surface area contributed by atoms with E-state index in [1.807, 2.05) is 49.8 Å². The van der Waals surface area contributed by atoms with Crippen LogP contribution in [-0.2, 0) is 16.1 Å². The monoisotopic (exact) mass is 458 g/mol. The lowest BCUT2D eigenvalue weighted by molar-refractivity contribution is -0.136. The van der Waals surface area contributed by atoms with Gasteiger partial charge in [-0.15, -0.1) is 0 Å². The Balaban J connectivity index is 0.00000408. The molecule has 1 aliphatic heterocycles. The Kier molecular flexibility index (Phi) is 7.27. The van der Waals surface area contributed by atoms with Gasteiger partial charge in [-0.05, 0) is 38.6 Å². The molecule has 0 aliphatic carbocycles. The predicted octanol–water partition coefficient (Wildman–Crippen LogP) is 2.72. The van der Waals surface area contributed by atoms with Crippen molar-refractivity contribution in [3.8, 4) is 0 Å². The van der Waals surface area contributed by atoms with Crippen molar-refractivity contribution in [1.29, 1.82) is 10.8 Å². The van der Waals surface area contributed by atoms with E-state index in [-0.39, 0.29) is 39.0 Å². The Hall–Kier alpha value is -3.53. The van der Waals surface area contributed by atoms with Gasteiger partial charge in [-0.2, -0.15) is 0 Å². The second kappa shape index (κ2) is 9.95. The maximum atomic E-state index is 12.3. The zero-order valence-electron chi connectivity index (χ0n) is 19.6. The molecule has 1 fully saturated rings. The molecule has 0 unspecified atom stereocenters. The van der Waals surface area contributed by atoms with Crippen LogP contribution in [0.15, 0.2) is 30.5 Å². The normalized spacial score (nSPS) is 15.3. The van der Waals surface area contributed by atoms with Crippen molar-refractivity contribution in [1.82, 2.24) is 20.2 Å². The highest BCUT2D eigenvalue weighted by Crippen LogP contribution is 2.26. The number of hydrogen-bond donors (Lipinski definition) is 4. The summed E-state index contributed by atoms with van der Waals surface area (Å²) in [5.41, 5.74) is 7.30. The molecule has 1 saturated heterocycles. The lowest BCUT2D eigenvalue weighted by Crippen LogP contribution is -2.61. The van der Waals surface area contributed by atoms with Gasteiger partial charge in [0, 0.05) is 42.4 Å². The van der Waals surface area contributed by atoms with Crippen LogP contribution in [0, 0.1) is 10.8 Å². The first-order valence-corrected chi connectivity index (χ1v) is 10.9. The number of nitrogens with zero attached hydrogens (tertiary/aromatic N) is 4. The highest BCUT2D eigenvalue weighted by atomic mass is 16.5. The number of amides is 1. The first-order valence-electron chi connectivity index (χ1n) is 10.9. The van der Waals surface area contributed by atoms with Gasteiger partial charge in [0.05, 0.1) is 11.7 Å². The van der Waals surface area contributed by atoms with Crippen LogP contribution in [0.3, 0.4) is 0 Å². The summed E-state index contributed by atoms with van der Waals surface area (Å²) in [6.45, 7) is 8.36. The van der Waals surface area contributed by atoms with Crippen LogP contribution in [0.1, 0.15) is 48.3 Å². The second-order valence-electron chi connectivity index (χ2n) is 8.58. The molecule has 5 N–H and O–H groups in total. The van der Waals surface area contributed by atoms with E-state index < -0.39 is 0 Å². The summed E-state index contributed by atoms with van der Waals surface area (Å²) < 4.78 is 5.45. The molecule has 1 amide bonds. The second-order valence-corrected chi connectivity index (χ2v) is 8.58. The molecule has 1 aliphatic rings. The molecule has 182 valence electrons. The Morgan fingerprint density at radius 2 is 1.94 bits per heavy atom. The van der Waals surface area contributed by atoms with Crippen LogP contribution >= 0.6 is 0 Å². The number of piperazine rings is 1. The van der Waals surface area contributed by atoms with Crippen molar-refractivity contribution in [2.45, 2.75) is 39.3 Å². The van der Waals surface area contributed by atoms with Crippen molar-refractivity contribution >= 4 is 29.3 Å². The van der Waals surface area contributed by atoms with Gasteiger partial charge < -0.3 is 25.6 Å². The van der Waals surface area contributed by atoms with Gasteiger partial charge in [-0.3, -0.25) is 15.6 Å². The van der Waals surface area contributed by atoms with Crippen LogP contribution in [0.5, 0.6) is 0 Å². The van der Waals surface area contributed by atoms with Crippen LogP contribution in [-0.4, -0.2) is 64.8 Å². The maximum absolute atomic E-state index is 12.3. The fraction of sp³-hybridized carbons (Fsp3) is 0.435. The number of anilines is 2. The van der Waals surface area contributed by atoms with E-state index in [2.05, 4.69) is 15.3 Å². The highest BCUT2D eigenvalue weighted by Gasteiger charge is 2.36. The molecular weight excluding hydrogens is 420 g/mol. The Morgan fingerprint density at radius 1 is 1.24 bits per heavy atom. The molecule has 10 heteroatoms. The van der Waals surface area contributed by atoms with E-state index in [1.165, 1.54) is 0 Å². The number of nitrogen functional groups attached to an aromatic ring is 1. The third kappa shape index (κ3) is 5.46. The van der Waals surface area contributed by atoms with E-state index in [0.717, 1.165) is 12.1 Å². The first-order chi connectivity index (χ1) is 15.7. The van der Waals surface area contributed by atoms with Gasteiger partial charge in [0.1, 0.15) is 5.82 Å². The van der Waals surface area contributed by atoms with E-state index in [4.69, 9.17) is 21.3 Å². The third-order valence-electron chi connectivity index (χ3n) is 5.63. The number of carbonyl (C=O) groups is 1. The number of benzene rings is 1. The van der Waals surface area contributed by atoms with Gasteiger partial charge in [0.15, 0.2) is 11.5 Å². The summed E-state index contributed by atoms with van der Waals surface area (Å²) in [5, 5.41) is 19.6. The molecule has 10 nitrogen and oxygen atoms in total. The predicted molar refractivity (Wildman–Crippen MR) is 135 cm³/mol. The maximum Gasteiger partial charge on any atom is 0.243 e. The minimum atomic E-state index is -0.375. The van der Waals surface area contributed by atoms with E-state index in [9.17, 15) is 4.79 Å². The van der Waals surface area contributed by atoms with Gasteiger partial charge in [-0.25, -0.2) is 9.97 Å². The summed E-state index contributed by atoms with van der Waals surface area (Å²) in [4.78, 5) is 24.9. The number of nitrogens with two attached hydrogens (primary N) is 1. The summed E-state index contributed by atoms with van der Waals surface area (Å²) in [6, 6.07) is 7.33. The van der Waals surface area contributed by atoms with Gasteiger partial charge in [0.25, 0.3) is 0 Å². The molecule has 0 spiro atoms. The SMILES string of the molecule is CCC(=O)N1CCN(c2cnc(N)c(C(=N)OC(=N)c3ccc(CNC)cc3)n2)CC1(C)C.[HH].[HH].[HH]. The molecule has 0 radical (unpaired) electrons. The van der Waals surface area contributed by atoms with Crippen molar-refractivity contribution < 1.29 is 13.8 Å². The number of rotatable bonds is 6. The molecule has 0 atom stereocenters. The Bertz CT molecular complexity index is 1050. The van der Waals surface area contributed by atoms with E-state index in [1.54, 1.807) is 18.3 Å². The van der Waals surface area contributed by atoms with Crippen molar-refractivity contribution in [2.24, 2.45) is 0 Å². The van der Waals surface area contributed by atoms with Crippen LogP contribution < -0.4 is 16.0 Å². The zero-order valence-corrected chi connectivity index (χ0v) is 19.6. The number of hydrogen-bond acceptors (Lipinski definition) is 9. The van der Waals surface area contributed by atoms with Crippen LogP contribution in [0.25, 0.3) is 0 Å². The Morgan fingerprint density at radius 3 is 2.55 bits per heavy atom. The van der Waals surface area contributed by atoms with Gasteiger partial charge in [-0.1, -0.05) is 19.1 Å². The standard InChI is InChI=1S/C23H32N8O2.3H2/c1-5-18(32)31-11-10-30(14-23(31,2)3)17-13-28-20(24)19(29-17)22(26)33-21(25)16-8-6-15(7-9-16)12-27-4;;;/h6-9,13,25-27H,5,10-12,14H2,1-4H3,(H2,24,28);3*1H. The number of ether oxygens (including phenoxy) is 1. The molecule has 2 heterocycles. The fourth-order valence-electron chi connectivity index (χ4n) is 3.90. The van der Waals surface area contributed by atoms with Crippen LogP contribution in [0.4, 0.5) is 11.6 Å². The largest absolute Gasteiger partial charge is 0.419 e. The number of nitrogens with one attached hydrogen (secondary N) is 3. The van der Waals surface area contributed by atoms with E-state index in [0.29, 0.717) is 37.4 Å². The summed E-state index contributed by atoms with van der Waals surface area (Å²) in [7, 11) is 1.87. The number of carbonyl (C=O) groups excluding carboxylic acids is 1. The lowest BCUT2D eigenvalue weighted by Gasteiger charge is -2.47. The van der Waals surface area contributed by atoms with E-state index >= 15 is 0 Å². The van der Waals surface area contributed by atoms with Crippen LogP contribution in [0.2, 0.25) is 0 Å². The highest BCUT2D eigenvalue weighted by molar-refractivity contribution is 6.05. The molecule has 1 aromatic heterocycles. The third-order valence-corrected chi connectivity index (χ3v) is 5.63. The van der Waals surface area contributed by atoms with Crippen molar-refractivity contribution in [3.05, 3.63) is 47.3 Å². The molecule has 3 rings (SSSR count). The molecule has 33 heavy (non-hydrogen) atoms. The minimum Gasteiger partial charge on any atom is -0.419 e. The van der Waals surface area contributed by atoms with Gasteiger partial charge in [0.2, 0.25) is 17.7 Å². The first kappa shape index (κ1) is 24.1. The fourth-order valence-corrected chi connectivity index (χ4v) is 3.90. The molecular formula is C23H38N8O2. The Labute approximate surface area is 198 Å².